The van der Waals surface area contributed by atoms with Crippen molar-refractivity contribution in [3.63, 3.8) is 0 Å². The summed E-state index contributed by atoms with van der Waals surface area (Å²) in [6.45, 7) is 2.90. The minimum atomic E-state index is -0.684. The highest BCUT2D eigenvalue weighted by molar-refractivity contribution is 7.99. The van der Waals surface area contributed by atoms with E-state index in [9.17, 15) is 10.1 Å². The molecule has 2 rings (SSSR count). The molecule has 0 aromatic carbocycles. The number of thioether (sulfide) groups is 1. The average Bonchev–Trinajstić information content (AvgIpc) is 2.78. The van der Waals surface area contributed by atoms with Crippen molar-refractivity contribution in [2.45, 2.75) is 38.6 Å². The average molecular weight is 238 g/mol. The minimum Gasteiger partial charge on any atom is -0.337 e. The van der Waals surface area contributed by atoms with E-state index in [4.69, 9.17) is 0 Å². The van der Waals surface area contributed by atoms with Crippen LogP contribution in [0.25, 0.3) is 0 Å². The number of hydrogen-bond acceptors (Lipinski definition) is 3. The van der Waals surface area contributed by atoms with E-state index in [1.807, 2.05) is 16.7 Å². The lowest BCUT2D eigenvalue weighted by atomic mass is 9.86. The lowest BCUT2D eigenvalue weighted by Gasteiger charge is -2.37. The molecule has 0 bridgehead atoms. The summed E-state index contributed by atoms with van der Waals surface area (Å²) in [4.78, 5) is 14.4. The lowest BCUT2D eigenvalue weighted by Crippen LogP contribution is -2.50. The van der Waals surface area contributed by atoms with Gasteiger partial charge in [-0.1, -0.05) is 12.8 Å². The van der Waals surface area contributed by atoms with Crippen LogP contribution < -0.4 is 0 Å². The second kappa shape index (κ2) is 4.67. The van der Waals surface area contributed by atoms with E-state index in [-0.39, 0.29) is 11.9 Å². The Morgan fingerprint density at radius 1 is 1.50 bits per heavy atom. The lowest BCUT2D eigenvalue weighted by molar-refractivity contribution is -0.140. The highest BCUT2D eigenvalue weighted by Crippen LogP contribution is 2.40. The molecule has 88 valence electrons. The maximum atomic E-state index is 12.5. The van der Waals surface area contributed by atoms with Gasteiger partial charge in [0.25, 0.3) is 0 Å². The highest BCUT2D eigenvalue weighted by atomic mass is 32.2. The number of nitriles is 1. The Balaban J connectivity index is 2.14. The van der Waals surface area contributed by atoms with E-state index in [2.05, 4.69) is 13.0 Å². The fraction of sp³-hybridized carbons (Fsp3) is 0.833. The molecule has 0 N–H and O–H groups in total. The molecule has 2 aliphatic rings. The summed E-state index contributed by atoms with van der Waals surface area (Å²) in [6.07, 6.45) is 3.57. The Labute approximate surface area is 101 Å². The van der Waals surface area contributed by atoms with Crippen molar-refractivity contribution in [1.29, 1.82) is 5.26 Å². The van der Waals surface area contributed by atoms with E-state index in [0.29, 0.717) is 0 Å². The van der Waals surface area contributed by atoms with E-state index in [1.54, 1.807) is 0 Å². The van der Waals surface area contributed by atoms with Crippen LogP contribution in [0.2, 0.25) is 0 Å². The van der Waals surface area contributed by atoms with Crippen LogP contribution in [0, 0.1) is 16.7 Å². The van der Waals surface area contributed by atoms with Gasteiger partial charge in [0.1, 0.15) is 5.41 Å². The van der Waals surface area contributed by atoms with Gasteiger partial charge in [0.05, 0.1) is 6.07 Å². The van der Waals surface area contributed by atoms with Crippen molar-refractivity contribution in [1.82, 2.24) is 4.90 Å². The second-order valence-corrected chi connectivity index (χ2v) is 5.97. The molecule has 1 aliphatic heterocycles. The first kappa shape index (κ1) is 11.8. The topological polar surface area (TPSA) is 44.1 Å². The van der Waals surface area contributed by atoms with Crippen molar-refractivity contribution in [3.05, 3.63) is 0 Å². The molecule has 3 nitrogen and oxygen atoms in total. The third-order valence-electron chi connectivity index (χ3n) is 3.71. The van der Waals surface area contributed by atoms with Gasteiger partial charge < -0.3 is 4.90 Å². The highest BCUT2D eigenvalue weighted by Gasteiger charge is 2.45. The number of nitrogens with zero attached hydrogens (tertiary/aromatic N) is 2. The second-order valence-electron chi connectivity index (χ2n) is 4.82. The summed E-state index contributed by atoms with van der Waals surface area (Å²) in [6, 6.07) is 2.59. The summed E-state index contributed by atoms with van der Waals surface area (Å²) >= 11 is 1.90. The van der Waals surface area contributed by atoms with Crippen LogP contribution in [-0.4, -0.2) is 34.9 Å². The summed E-state index contributed by atoms with van der Waals surface area (Å²) in [5.41, 5.74) is -0.684. The molecular weight excluding hydrogens is 220 g/mol. The van der Waals surface area contributed by atoms with E-state index in [0.717, 1.165) is 43.7 Å². The Bertz CT molecular complexity index is 317. The summed E-state index contributed by atoms with van der Waals surface area (Å²) < 4.78 is 0. The largest absolute Gasteiger partial charge is 0.337 e. The number of carbonyl (C=O) groups is 1. The standard InChI is InChI=1S/C12H18N2OS/c1-10-8-16-7-6-14(10)11(15)12(9-13)4-2-3-5-12/h10H,2-8H2,1H3. The predicted molar refractivity (Wildman–Crippen MR) is 65.0 cm³/mol. The van der Waals surface area contributed by atoms with Gasteiger partial charge in [-0.05, 0) is 19.8 Å². The monoisotopic (exact) mass is 238 g/mol. The van der Waals surface area contributed by atoms with Crippen molar-refractivity contribution >= 4 is 17.7 Å². The zero-order chi connectivity index (χ0) is 11.6. The van der Waals surface area contributed by atoms with Crippen molar-refractivity contribution in [2.75, 3.05) is 18.1 Å². The van der Waals surface area contributed by atoms with Crippen LogP contribution in [0.1, 0.15) is 32.6 Å². The Morgan fingerprint density at radius 2 is 2.19 bits per heavy atom. The summed E-state index contributed by atoms with van der Waals surface area (Å²) in [5.74, 6) is 2.12. The third-order valence-corrected chi connectivity index (χ3v) is 4.90. The molecule has 4 heteroatoms. The maximum absolute atomic E-state index is 12.5. The molecule has 0 aromatic heterocycles. The van der Waals surface area contributed by atoms with Crippen LogP contribution in [-0.2, 0) is 4.79 Å². The predicted octanol–water partition coefficient (Wildman–Crippen LogP) is 2.03. The van der Waals surface area contributed by atoms with Gasteiger partial charge in [-0.2, -0.15) is 17.0 Å². The molecule has 1 amide bonds. The molecule has 1 saturated heterocycles. The van der Waals surface area contributed by atoms with Crippen LogP contribution in [0.5, 0.6) is 0 Å². The number of carbonyl (C=O) groups excluding carboxylic acids is 1. The van der Waals surface area contributed by atoms with E-state index < -0.39 is 5.41 Å². The van der Waals surface area contributed by atoms with Crippen LogP contribution in [0.4, 0.5) is 0 Å². The normalized spacial score (nSPS) is 28.8. The molecular formula is C12H18N2OS. The molecule has 1 aliphatic carbocycles. The SMILES string of the molecule is CC1CSCCN1C(=O)C1(C#N)CCCC1. The summed E-state index contributed by atoms with van der Waals surface area (Å²) in [5, 5.41) is 9.30. The van der Waals surface area contributed by atoms with E-state index >= 15 is 0 Å². The Morgan fingerprint density at radius 3 is 2.75 bits per heavy atom. The number of rotatable bonds is 1. The van der Waals surface area contributed by atoms with Gasteiger partial charge in [-0.25, -0.2) is 0 Å². The molecule has 1 atom stereocenters. The van der Waals surface area contributed by atoms with Crippen molar-refractivity contribution < 1.29 is 4.79 Å². The van der Waals surface area contributed by atoms with Gasteiger partial charge in [-0.3, -0.25) is 4.79 Å². The molecule has 0 aromatic rings. The van der Waals surface area contributed by atoms with Gasteiger partial charge >= 0.3 is 0 Å². The smallest absolute Gasteiger partial charge is 0.243 e. The van der Waals surface area contributed by atoms with Crippen molar-refractivity contribution in [3.8, 4) is 6.07 Å². The Hall–Kier alpha value is -0.690. The van der Waals surface area contributed by atoms with Gasteiger partial charge in [0.2, 0.25) is 5.91 Å². The molecule has 16 heavy (non-hydrogen) atoms. The van der Waals surface area contributed by atoms with E-state index in [1.165, 1.54) is 0 Å². The molecule has 0 spiro atoms. The third kappa shape index (κ3) is 1.93. The number of hydrogen-bond donors (Lipinski definition) is 0. The quantitative estimate of drug-likeness (QED) is 0.702. The maximum Gasteiger partial charge on any atom is 0.243 e. The first-order valence-corrected chi connectivity index (χ1v) is 7.15. The molecule has 1 saturated carbocycles. The fourth-order valence-electron chi connectivity index (χ4n) is 2.66. The molecule has 1 unspecified atom stereocenters. The zero-order valence-electron chi connectivity index (χ0n) is 9.74. The van der Waals surface area contributed by atoms with Crippen molar-refractivity contribution in [2.24, 2.45) is 5.41 Å². The minimum absolute atomic E-state index is 0.0975. The molecule has 1 heterocycles. The van der Waals surface area contributed by atoms with Crippen LogP contribution in [0.3, 0.4) is 0 Å². The fourth-order valence-corrected chi connectivity index (χ4v) is 3.67. The molecule has 2 fully saturated rings. The van der Waals surface area contributed by atoms with Gasteiger partial charge in [-0.15, -0.1) is 0 Å². The Kier molecular flexibility index (Phi) is 3.44. The number of amides is 1. The first-order valence-electron chi connectivity index (χ1n) is 6.00. The van der Waals surface area contributed by atoms with Gasteiger partial charge in [0.15, 0.2) is 0 Å². The first-order chi connectivity index (χ1) is 7.69. The van der Waals surface area contributed by atoms with Gasteiger partial charge in [0, 0.05) is 24.1 Å². The zero-order valence-corrected chi connectivity index (χ0v) is 10.6. The van der Waals surface area contributed by atoms with Crippen LogP contribution in [0.15, 0.2) is 0 Å². The molecule has 0 radical (unpaired) electrons. The van der Waals surface area contributed by atoms with Crippen LogP contribution >= 0.6 is 11.8 Å². The summed E-state index contributed by atoms with van der Waals surface area (Å²) in [7, 11) is 0.